The largest absolute Gasteiger partial charge is 0.465 e. The first-order chi connectivity index (χ1) is 13.4. The molecule has 1 fully saturated rings. The van der Waals surface area contributed by atoms with Crippen molar-refractivity contribution in [3.63, 3.8) is 0 Å². The number of hydrogen-bond donors (Lipinski definition) is 0. The zero-order chi connectivity index (χ0) is 20.1. The van der Waals surface area contributed by atoms with Gasteiger partial charge >= 0.3 is 5.97 Å². The van der Waals surface area contributed by atoms with Crippen LogP contribution in [0.5, 0.6) is 0 Å². The number of nitriles is 1. The Bertz CT molecular complexity index is 972. The van der Waals surface area contributed by atoms with Crippen LogP contribution in [0, 0.1) is 11.3 Å². The van der Waals surface area contributed by atoms with Crippen molar-refractivity contribution in [3.05, 3.63) is 65.2 Å². The molecular formula is C20H21N3O4S. The summed E-state index contributed by atoms with van der Waals surface area (Å²) in [6.07, 6.45) is 0. The van der Waals surface area contributed by atoms with Crippen molar-refractivity contribution in [1.82, 2.24) is 9.21 Å². The van der Waals surface area contributed by atoms with E-state index in [4.69, 9.17) is 5.26 Å². The fourth-order valence-corrected chi connectivity index (χ4v) is 4.52. The van der Waals surface area contributed by atoms with Crippen molar-refractivity contribution in [3.8, 4) is 6.07 Å². The molecule has 0 atom stereocenters. The number of esters is 1. The van der Waals surface area contributed by atoms with Gasteiger partial charge in [0.05, 0.1) is 29.2 Å². The summed E-state index contributed by atoms with van der Waals surface area (Å²) in [6, 6.07) is 15.3. The van der Waals surface area contributed by atoms with Crippen LogP contribution in [-0.4, -0.2) is 56.9 Å². The van der Waals surface area contributed by atoms with Gasteiger partial charge in [-0.2, -0.15) is 9.57 Å². The summed E-state index contributed by atoms with van der Waals surface area (Å²) in [5, 5.41) is 8.86. The second kappa shape index (κ2) is 8.52. The van der Waals surface area contributed by atoms with Crippen LogP contribution < -0.4 is 0 Å². The minimum absolute atomic E-state index is 0.167. The van der Waals surface area contributed by atoms with Crippen LogP contribution in [0.3, 0.4) is 0 Å². The van der Waals surface area contributed by atoms with E-state index in [9.17, 15) is 13.2 Å². The molecule has 3 rings (SSSR count). The van der Waals surface area contributed by atoms with E-state index in [1.807, 2.05) is 12.1 Å². The topological polar surface area (TPSA) is 90.7 Å². The van der Waals surface area contributed by atoms with Gasteiger partial charge < -0.3 is 4.74 Å². The first-order valence-electron chi connectivity index (χ1n) is 8.84. The molecule has 0 bridgehead atoms. The Morgan fingerprint density at radius 1 is 1.04 bits per heavy atom. The molecule has 0 amide bonds. The predicted molar refractivity (Wildman–Crippen MR) is 103 cm³/mol. The highest BCUT2D eigenvalue weighted by atomic mass is 32.2. The molecule has 0 N–H and O–H groups in total. The third-order valence-electron chi connectivity index (χ3n) is 4.73. The van der Waals surface area contributed by atoms with Gasteiger partial charge in [0, 0.05) is 32.7 Å². The van der Waals surface area contributed by atoms with Crippen LogP contribution in [0.2, 0.25) is 0 Å². The van der Waals surface area contributed by atoms with E-state index in [0.717, 1.165) is 5.56 Å². The average Bonchev–Trinajstić information content (AvgIpc) is 2.74. The lowest BCUT2D eigenvalue weighted by molar-refractivity contribution is 0.0600. The van der Waals surface area contributed by atoms with Crippen molar-refractivity contribution in [2.24, 2.45) is 0 Å². The Balaban J connectivity index is 1.61. The number of rotatable bonds is 5. The van der Waals surface area contributed by atoms with Crippen LogP contribution in [0.1, 0.15) is 21.5 Å². The van der Waals surface area contributed by atoms with Crippen LogP contribution >= 0.6 is 0 Å². The summed E-state index contributed by atoms with van der Waals surface area (Å²) >= 11 is 0. The van der Waals surface area contributed by atoms with Crippen molar-refractivity contribution in [2.45, 2.75) is 11.4 Å². The van der Waals surface area contributed by atoms with Crippen molar-refractivity contribution in [2.75, 3.05) is 33.3 Å². The van der Waals surface area contributed by atoms with E-state index >= 15 is 0 Å². The maximum Gasteiger partial charge on any atom is 0.337 e. The highest BCUT2D eigenvalue weighted by Gasteiger charge is 2.28. The smallest absolute Gasteiger partial charge is 0.337 e. The van der Waals surface area contributed by atoms with Gasteiger partial charge in [-0.05, 0) is 42.0 Å². The Labute approximate surface area is 164 Å². The number of benzene rings is 2. The number of hydrogen-bond acceptors (Lipinski definition) is 6. The molecular weight excluding hydrogens is 378 g/mol. The molecule has 2 aromatic carbocycles. The summed E-state index contributed by atoms with van der Waals surface area (Å²) in [7, 11) is -2.32. The van der Waals surface area contributed by atoms with E-state index in [-0.39, 0.29) is 4.90 Å². The van der Waals surface area contributed by atoms with Crippen LogP contribution in [0.15, 0.2) is 53.4 Å². The lowest BCUT2D eigenvalue weighted by atomic mass is 10.1. The number of methoxy groups -OCH3 is 1. The van der Waals surface area contributed by atoms with E-state index in [2.05, 4.69) is 15.7 Å². The van der Waals surface area contributed by atoms with Crippen molar-refractivity contribution >= 4 is 16.0 Å². The Morgan fingerprint density at radius 2 is 1.64 bits per heavy atom. The zero-order valence-corrected chi connectivity index (χ0v) is 16.4. The minimum atomic E-state index is -3.60. The maximum atomic E-state index is 12.8. The van der Waals surface area contributed by atoms with Gasteiger partial charge in [-0.1, -0.05) is 12.1 Å². The van der Waals surface area contributed by atoms with E-state index < -0.39 is 16.0 Å². The average molecular weight is 399 g/mol. The molecule has 1 heterocycles. The molecule has 0 saturated carbocycles. The SMILES string of the molecule is COC(=O)c1ccc(S(=O)(=O)N2CCN(Cc3ccc(C#N)cc3)CC2)cc1. The highest BCUT2D eigenvalue weighted by Crippen LogP contribution is 2.19. The Hall–Kier alpha value is -2.73. The van der Waals surface area contributed by atoms with E-state index in [1.165, 1.54) is 35.7 Å². The van der Waals surface area contributed by atoms with Crippen LogP contribution in [0.4, 0.5) is 0 Å². The van der Waals surface area contributed by atoms with Gasteiger partial charge in [-0.15, -0.1) is 0 Å². The summed E-state index contributed by atoms with van der Waals surface area (Å²) in [6.45, 7) is 2.76. The normalized spacial score (nSPS) is 15.7. The standard InChI is InChI=1S/C20H21N3O4S/c1-27-20(24)18-6-8-19(9-7-18)28(25,26)23-12-10-22(11-13-23)15-17-4-2-16(14-21)3-5-17/h2-9H,10-13,15H2,1H3. The fourth-order valence-electron chi connectivity index (χ4n) is 3.10. The molecule has 1 saturated heterocycles. The number of piperazine rings is 1. The molecule has 0 aromatic heterocycles. The highest BCUT2D eigenvalue weighted by molar-refractivity contribution is 7.89. The van der Waals surface area contributed by atoms with E-state index in [1.54, 1.807) is 12.1 Å². The third-order valence-corrected chi connectivity index (χ3v) is 6.65. The van der Waals surface area contributed by atoms with Gasteiger partial charge in [0.2, 0.25) is 10.0 Å². The van der Waals surface area contributed by atoms with Gasteiger partial charge in [0.15, 0.2) is 0 Å². The third kappa shape index (κ3) is 4.39. The number of carbonyl (C=O) groups is 1. The second-order valence-corrected chi connectivity index (χ2v) is 8.44. The first-order valence-corrected chi connectivity index (χ1v) is 10.3. The monoisotopic (exact) mass is 399 g/mol. The van der Waals surface area contributed by atoms with Gasteiger partial charge in [0.25, 0.3) is 0 Å². The molecule has 0 aliphatic carbocycles. The molecule has 0 spiro atoms. The molecule has 0 radical (unpaired) electrons. The molecule has 28 heavy (non-hydrogen) atoms. The van der Waals surface area contributed by atoms with Crippen molar-refractivity contribution in [1.29, 1.82) is 5.26 Å². The first kappa shape index (κ1) is 20.0. The second-order valence-electron chi connectivity index (χ2n) is 6.50. The molecule has 7 nitrogen and oxygen atoms in total. The molecule has 2 aromatic rings. The fraction of sp³-hybridized carbons (Fsp3) is 0.300. The number of carbonyl (C=O) groups excluding carboxylic acids is 1. The summed E-state index contributed by atoms with van der Waals surface area (Å²) in [5.41, 5.74) is 2.03. The summed E-state index contributed by atoms with van der Waals surface area (Å²) < 4.78 is 31.8. The minimum Gasteiger partial charge on any atom is -0.465 e. The Morgan fingerprint density at radius 3 is 2.18 bits per heavy atom. The van der Waals surface area contributed by atoms with Gasteiger partial charge in [0.1, 0.15) is 0 Å². The molecule has 1 aliphatic rings. The molecule has 1 aliphatic heterocycles. The lowest BCUT2D eigenvalue weighted by Crippen LogP contribution is -2.48. The summed E-state index contributed by atoms with van der Waals surface area (Å²) in [4.78, 5) is 13.9. The zero-order valence-electron chi connectivity index (χ0n) is 15.5. The molecule has 146 valence electrons. The number of ether oxygens (including phenoxy) is 1. The Kier molecular flexibility index (Phi) is 6.09. The molecule has 8 heteroatoms. The van der Waals surface area contributed by atoms with E-state index in [0.29, 0.717) is 43.9 Å². The molecule has 0 unspecified atom stereocenters. The quantitative estimate of drug-likeness (QED) is 0.713. The number of nitrogens with zero attached hydrogens (tertiary/aromatic N) is 3. The predicted octanol–water partition coefficient (Wildman–Crippen LogP) is 1.85. The van der Waals surface area contributed by atoms with Gasteiger partial charge in [-0.25, -0.2) is 13.2 Å². The van der Waals surface area contributed by atoms with Crippen LogP contribution in [-0.2, 0) is 21.3 Å². The summed E-state index contributed by atoms with van der Waals surface area (Å²) in [5.74, 6) is -0.500. The lowest BCUT2D eigenvalue weighted by Gasteiger charge is -2.34. The van der Waals surface area contributed by atoms with Gasteiger partial charge in [-0.3, -0.25) is 4.90 Å². The van der Waals surface area contributed by atoms with Crippen molar-refractivity contribution < 1.29 is 17.9 Å². The number of sulfonamides is 1. The maximum absolute atomic E-state index is 12.8. The van der Waals surface area contributed by atoms with Crippen LogP contribution in [0.25, 0.3) is 0 Å².